The van der Waals surface area contributed by atoms with Crippen LogP contribution in [0, 0.1) is 6.92 Å². The molecule has 1 unspecified atom stereocenters. The summed E-state index contributed by atoms with van der Waals surface area (Å²) in [5.41, 5.74) is 3.84. The molecular formula is C23H23NNa2O6S2. The molecule has 7 nitrogen and oxygen atoms in total. The van der Waals surface area contributed by atoms with Gasteiger partial charge < -0.3 is 8.17 Å². The molecule has 0 aromatic heterocycles. The summed E-state index contributed by atoms with van der Waals surface area (Å²) in [7, 11) is -9.03. The van der Waals surface area contributed by atoms with Gasteiger partial charge in [-0.1, -0.05) is 60.7 Å². The largest absolute Gasteiger partial charge is 1.00 e. The monoisotopic (exact) mass is 519 g/mol. The first-order valence-corrected chi connectivity index (χ1v) is 12.6. The number of rotatable bonds is 5. The Kier molecular flexibility index (Phi) is 9.94. The average Bonchev–Trinajstić information content (AvgIpc) is 3.15. The maximum Gasteiger partial charge on any atom is 1.00 e. The Bertz CT molecular complexity index is 1470. The van der Waals surface area contributed by atoms with Crippen LogP contribution in [0.3, 0.4) is 0 Å². The van der Waals surface area contributed by atoms with E-state index in [2.05, 4.69) is 5.32 Å². The van der Waals surface area contributed by atoms with E-state index in [4.69, 9.17) is 0 Å². The van der Waals surface area contributed by atoms with Gasteiger partial charge in [-0.25, -0.2) is 0 Å². The third-order valence-electron chi connectivity index (χ3n) is 5.40. The molecule has 3 aromatic rings. The molecule has 0 radical (unpaired) electrons. The Morgan fingerprint density at radius 1 is 0.853 bits per heavy atom. The van der Waals surface area contributed by atoms with Crippen molar-refractivity contribution in [2.24, 2.45) is 0 Å². The first kappa shape index (κ1) is 29.4. The molecule has 1 atom stereocenters. The van der Waals surface area contributed by atoms with Crippen molar-refractivity contribution in [3.05, 3.63) is 94.0 Å². The molecule has 0 saturated heterocycles. The Balaban J connectivity index is 0.00000306. The van der Waals surface area contributed by atoms with Crippen LogP contribution in [-0.2, 0) is 26.8 Å². The zero-order valence-corrected chi connectivity index (χ0v) is 24.7. The van der Waals surface area contributed by atoms with Crippen molar-refractivity contribution in [1.82, 2.24) is 5.32 Å². The molecule has 0 amide bonds. The predicted molar refractivity (Wildman–Crippen MR) is 124 cm³/mol. The molecule has 3 aromatic carbocycles. The standard InChI is InChI=1S/C23H21NO6S2.2Na.2H/c1-15-6-7-16(21(12-15)31(25,26)27)8-9-17-10-11-18(13-22(17)32(28,29)30)23-20-5-3-2-4-19(20)14-24-23;;;;/h2-13,23-24H,14H2,1H3,(H,25,26,27)(H,28,29,30);;;;/q;2*+1;2*-1. The Hall–Kier alpha value is -0.820. The van der Waals surface area contributed by atoms with E-state index in [1.165, 1.54) is 30.4 Å². The van der Waals surface area contributed by atoms with Gasteiger partial charge in [-0.3, -0.25) is 9.11 Å². The number of aryl methyl sites for hydroxylation is 1. The minimum atomic E-state index is -4.56. The van der Waals surface area contributed by atoms with E-state index in [1.807, 2.05) is 24.3 Å². The topological polar surface area (TPSA) is 121 Å². The van der Waals surface area contributed by atoms with Crippen molar-refractivity contribution in [2.45, 2.75) is 29.3 Å². The molecule has 34 heavy (non-hydrogen) atoms. The summed E-state index contributed by atoms with van der Waals surface area (Å²) < 4.78 is 67.0. The van der Waals surface area contributed by atoms with Gasteiger partial charge >= 0.3 is 59.1 Å². The minimum absolute atomic E-state index is 0. The van der Waals surface area contributed by atoms with E-state index in [0.29, 0.717) is 17.7 Å². The maximum absolute atomic E-state index is 12.1. The van der Waals surface area contributed by atoms with Gasteiger partial charge in [0, 0.05) is 6.54 Å². The molecule has 11 heteroatoms. The van der Waals surface area contributed by atoms with Crippen molar-refractivity contribution < 1.29 is 87.9 Å². The van der Waals surface area contributed by atoms with Crippen LogP contribution in [0.5, 0.6) is 0 Å². The summed E-state index contributed by atoms with van der Waals surface area (Å²) in [6, 6.07) is 16.8. The molecule has 0 spiro atoms. The van der Waals surface area contributed by atoms with E-state index < -0.39 is 20.2 Å². The van der Waals surface area contributed by atoms with Gasteiger partial charge in [0.25, 0.3) is 20.2 Å². The molecule has 170 valence electrons. The van der Waals surface area contributed by atoms with Gasteiger partial charge in [0.2, 0.25) is 0 Å². The third-order valence-corrected chi connectivity index (χ3v) is 7.22. The van der Waals surface area contributed by atoms with Crippen LogP contribution in [0.2, 0.25) is 0 Å². The first-order valence-electron chi connectivity index (χ1n) is 9.73. The zero-order chi connectivity index (χ0) is 23.1. The second-order valence-corrected chi connectivity index (χ2v) is 10.4. The molecule has 0 aliphatic carbocycles. The normalized spacial score (nSPS) is 15.4. The third kappa shape index (κ3) is 6.48. The van der Waals surface area contributed by atoms with Crippen LogP contribution in [0.15, 0.2) is 70.5 Å². The predicted octanol–water partition coefficient (Wildman–Crippen LogP) is -1.92. The van der Waals surface area contributed by atoms with Crippen molar-refractivity contribution in [3.63, 3.8) is 0 Å². The summed E-state index contributed by atoms with van der Waals surface area (Å²) in [6.45, 7) is 2.34. The minimum Gasteiger partial charge on any atom is -1.00 e. The molecule has 1 aliphatic rings. The second kappa shape index (κ2) is 11.5. The number of fused-ring (bicyclic) bond motifs is 1. The number of hydrogen-bond acceptors (Lipinski definition) is 5. The first-order chi connectivity index (χ1) is 15.0. The van der Waals surface area contributed by atoms with Crippen LogP contribution < -0.4 is 64.4 Å². The van der Waals surface area contributed by atoms with E-state index >= 15 is 0 Å². The fourth-order valence-electron chi connectivity index (χ4n) is 3.87. The second-order valence-electron chi connectivity index (χ2n) is 7.63. The van der Waals surface area contributed by atoms with Gasteiger partial charge in [0.15, 0.2) is 0 Å². The van der Waals surface area contributed by atoms with Gasteiger partial charge in [-0.05, 0) is 52.4 Å². The van der Waals surface area contributed by atoms with Crippen LogP contribution >= 0.6 is 0 Å². The summed E-state index contributed by atoms with van der Waals surface area (Å²) in [6.07, 6.45) is 2.78. The van der Waals surface area contributed by atoms with Crippen molar-refractivity contribution in [3.8, 4) is 0 Å². The van der Waals surface area contributed by atoms with Crippen molar-refractivity contribution in [2.75, 3.05) is 0 Å². The molecule has 3 N–H and O–H groups in total. The number of nitrogens with one attached hydrogen (secondary N) is 1. The van der Waals surface area contributed by atoms with Crippen LogP contribution in [0.25, 0.3) is 12.2 Å². The van der Waals surface area contributed by atoms with Crippen LogP contribution in [0.1, 0.15) is 42.3 Å². The van der Waals surface area contributed by atoms with Crippen molar-refractivity contribution >= 4 is 32.4 Å². The van der Waals surface area contributed by atoms with Crippen LogP contribution in [0.4, 0.5) is 0 Å². The number of hydrogen-bond donors (Lipinski definition) is 3. The molecule has 0 bridgehead atoms. The zero-order valence-electron chi connectivity index (χ0n) is 21.1. The van der Waals surface area contributed by atoms with E-state index in [9.17, 15) is 25.9 Å². The molecule has 0 saturated carbocycles. The quantitative estimate of drug-likeness (QED) is 0.204. The van der Waals surface area contributed by atoms with Gasteiger partial charge in [-0.15, -0.1) is 0 Å². The van der Waals surface area contributed by atoms with Gasteiger partial charge in [0.1, 0.15) is 9.79 Å². The van der Waals surface area contributed by atoms with Gasteiger partial charge in [-0.2, -0.15) is 16.8 Å². The average molecular weight is 520 g/mol. The maximum atomic E-state index is 12.1. The summed E-state index contributed by atoms with van der Waals surface area (Å²) in [5, 5.41) is 3.33. The molecule has 4 rings (SSSR count). The molecular weight excluding hydrogens is 496 g/mol. The van der Waals surface area contributed by atoms with Crippen molar-refractivity contribution in [1.29, 1.82) is 0 Å². The Morgan fingerprint density at radius 2 is 1.41 bits per heavy atom. The smallest absolute Gasteiger partial charge is 1.00 e. The Labute approximate surface area is 246 Å². The SMILES string of the molecule is Cc1ccc(C=Cc2ccc(C3NCc4ccccc43)cc2S(=O)(=O)O)c(S(=O)(=O)O)c1.[H-].[H-].[Na+].[Na+]. The summed E-state index contributed by atoms with van der Waals surface area (Å²) in [5.74, 6) is 0. The van der Waals surface area contributed by atoms with E-state index in [0.717, 1.165) is 11.1 Å². The Morgan fingerprint density at radius 3 is 2.03 bits per heavy atom. The van der Waals surface area contributed by atoms with E-state index in [-0.39, 0.29) is 88.9 Å². The fraction of sp³-hybridized carbons (Fsp3) is 0.130. The van der Waals surface area contributed by atoms with Crippen LogP contribution in [-0.4, -0.2) is 25.9 Å². The molecule has 1 aliphatic heterocycles. The molecule has 1 heterocycles. The summed E-state index contributed by atoms with van der Waals surface area (Å²) >= 11 is 0. The summed E-state index contributed by atoms with van der Waals surface area (Å²) in [4.78, 5) is -0.580. The van der Waals surface area contributed by atoms with Gasteiger partial charge in [0.05, 0.1) is 6.04 Å². The fourth-order valence-corrected chi connectivity index (χ4v) is 5.36. The van der Waals surface area contributed by atoms with E-state index in [1.54, 1.807) is 25.1 Å². The number of benzene rings is 3. The molecule has 0 fully saturated rings.